The van der Waals surface area contributed by atoms with Crippen LogP contribution in [0.1, 0.15) is 40.3 Å². The zero-order valence-electron chi connectivity index (χ0n) is 14.2. The first-order chi connectivity index (χ1) is 11.4. The summed E-state index contributed by atoms with van der Waals surface area (Å²) < 4.78 is 8.83. The number of rotatable bonds is 4. The number of hydrogen-bond donors (Lipinski definition) is 0. The maximum absolute atomic E-state index is 12.2. The Labute approximate surface area is 139 Å². The number of nitrogens with zero attached hydrogens (tertiary/aromatic N) is 3. The van der Waals surface area contributed by atoms with E-state index in [0.29, 0.717) is 23.4 Å². The standard InChI is InChI=1S/C18H19N3O3/c1-5-24-18(23)15-9-14-8-13(17-19-6-7-20(17)4)10-21(14)16(11(15)2)12(3)22/h6-10H,5H2,1-4H3. The molecule has 0 aliphatic heterocycles. The van der Waals surface area contributed by atoms with Gasteiger partial charge in [0, 0.05) is 43.6 Å². The van der Waals surface area contributed by atoms with Gasteiger partial charge in [-0.25, -0.2) is 9.78 Å². The first-order valence-electron chi connectivity index (χ1n) is 7.75. The molecule has 0 saturated carbocycles. The van der Waals surface area contributed by atoms with E-state index in [4.69, 9.17) is 4.74 Å². The van der Waals surface area contributed by atoms with Gasteiger partial charge in [-0.2, -0.15) is 0 Å². The summed E-state index contributed by atoms with van der Waals surface area (Å²) in [7, 11) is 1.91. The molecule has 0 amide bonds. The van der Waals surface area contributed by atoms with Crippen LogP contribution in [-0.4, -0.2) is 32.3 Å². The van der Waals surface area contributed by atoms with E-state index in [2.05, 4.69) is 4.98 Å². The molecule has 3 rings (SSSR count). The Morgan fingerprint density at radius 2 is 2.04 bits per heavy atom. The lowest BCUT2D eigenvalue weighted by Gasteiger charge is -2.12. The summed E-state index contributed by atoms with van der Waals surface area (Å²) >= 11 is 0. The summed E-state index contributed by atoms with van der Waals surface area (Å²) in [6, 6.07) is 3.67. The normalized spacial score (nSPS) is 11.0. The highest BCUT2D eigenvalue weighted by molar-refractivity contribution is 6.01. The molecule has 3 aromatic heterocycles. The van der Waals surface area contributed by atoms with Crippen molar-refractivity contribution in [3.05, 3.63) is 47.5 Å². The average Bonchev–Trinajstić information content (AvgIpc) is 3.11. The number of esters is 1. The van der Waals surface area contributed by atoms with Gasteiger partial charge in [0.1, 0.15) is 5.82 Å². The molecule has 0 saturated heterocycles. The second-order valence-corrected chi connectivity index (χ2v) is 5.69. The summed E-state index contributed by atoms with van der Waals surface area (Å²) in [4.78, 5) is 28.7. The van der Waals surface area contributed by atoms with E-state index < -0.39 is 5.97 Å². The Balaban J connectivity index is 2.28. The molecule has 0 aliphatic rings. The van der Waals surface area contributed by atoms with Gasteiger partial charge in [0.15, 0.2) is 5.78 Å². The van der Waals surface area contributed by atoms with Crippen LogP contribution in [-0.2, 0) is 11.8 Å². The van der Waals surface area contributed by atoms with Gasteiger partial charge in [-0.1, -0.05) is 0 Å². The molecule has 0 radical (unpaired) electrons. The number of pyridine rings is 1. The number of fused-ring (bicyclic) bond motifs is 1. The van der Waals surface area contributed by atoms with Crippen molar-refractivity contribution in [3.8, 4) is 11.4 Å². The molecule has 3 heterocycles. The molecule has 0 N–H and O–H groups in total. The van der Waals surface area contributed by atoms with E-state index in [0.717, 1.165) is 16.9 Å². The fourth-order valence-corrected chi connectivity index (χ4v) is 2.97. The van der Waals surface area contributed by atoms with Crippen LogP contribution in [0.15, 0.2) is 30.7 Å². The Hall–Kier alpha value is -2.89. The third-order valence-corrected chi connectivity index (χ3v) is 4.05. The predicted octanol–water partition coefficient (Wildman–Crippen LogP) is 3.03. The van der Waals surface area contributed by atoms with E-state index in [9.17, 15) is 9.59 Å². The number of imidazole rings is 1. The highest BCUT2D eigenvalue weighted by Crippen LogP contribution is 2.26. The van der Waals surface area contributed by atoms with E-state index in [-0.39, 0.29) is 5.78 Å². The Morgan fingerprint density at radius 3 is 2.62 bits per heavy atom. The second kappa shape index (κ2) is 5.96. The summed E-state index contributed by atoms with van der Waals surface area (Å²) in [5.74, 6) is 0.272. The third kappa shape index (κ3) is 2.50. The maximum atomic E-state index is 12.2. The molecule has 24 heavy (non-hydrogen) atoms. The molecule has 6 heteroatoms. The quantitative estimate of drug-likeness (QED) is 0.546. The van der Waals surface area contributed by atoms with Gasteiger partial charge >= 0.3 is 5.97 Å². The number of aryl methyl sites for hydroxylation is 1. The van der Waals surface area contributed by atoms with Gasteiger partial charge in [0.2, 0.25) is 0 Å². The topological polar surface area (TPSA) is 65.6 Å². The van der Waals surface area contributed by atoms with Crippen LogP contribution in [0.3, 0.4) is 0 Å². The van der Waals surface area contributed by atoms with E-state index in [1.165, 1.54) is 6.92 Å². The summed E-state index contributed by atoms with van der Waals surface area (Å²) in [5.41, 5.74) is 3.16. The van der Waals surface area contributed by atoms with Crippen LogP contribution in [0.2, 0.25) is 0 Å². The van der Waals surface area contributed by atoms with Crippen LogP contribution >= 0.6 is 0 Å². The molecule has 0 bridgehead atoms. The van der Waals surface area contributed by atoms with Gasteiger partial charge in [-0.05, 0) is 31.5 Å². The predicted molar refractivity (Wildman–Crippen MR) is 90.3 cm³/mol. The van der Waals surface area contributed by atoms with Gasteiger partial charge in [0.25, 0.3) is 0 Å². The molecule has 3 aromatic rings. The van der Waals surface area contributed by atoms with Crippen molar-refractivity contribution in [1.82, 2.24) is 14.0 Å². The minimum atomic E-state index is -0.417. The molecule has 0 spiro atoms. The van der Waals surface area contributed by atoms with Gasteiger partial charge < -0.3 is 13.7 Å². The number of aromatic nitrogens is 3. The lowest BCUT2D eigenvalue weighted by Crippen LogP contribution is -2.13. The number of carbonyl (C=O) groups is 2. The Morgan fingerprint density at radius 1 is 1.29 bits per heavy atom. The van der Waals surface area contributed by atoms with Gasteiger partial charge in [-0.3, -0.25) is 4.79 Å². The van der Waals surface area contributed by atoms with Crippen molar-refractivity contribution in [1.29, 1.82) is 0 Å². The van der Waals surface area contributed by atoms with Crippen molar-refractivity contribution in [3.63, 3.8) is 0 Å². The van der Waals surface area contributed by atoms with E-state index in [1.807, 2.05) is 34.5 Å². The van der Waals surface area contributed by atoms with Gasteiger partial charge in [-0.15, -0.1) is 0 Å². The number of Topliss-reactive ketones (excluding diaryl/α,β-unsaturated/α-hetero) is 1. The van der Waals surface area contributed by atoms with E-state index >= 15 is 0 Å². The van der Waals surface area contributed by atoms with Crippen molar-refractivity contribution >= 4 is 17.3 Å². The molecule has 0 fully saturated rings. The van der Waals surface area contributed by atoms with Crippen LogP contribution in [0, 0.1) is 6.92 Å². The molecule has 124 valence electrons. The fourth-order valence-electron chi connectivity index (χ4n) is 2.97. The zero-order chi connectivity index (χ0) is 17.4. The van der Waals surface area contributed by atoms with Crippen LogP contribution in [0.4, 0.5) is 0 Å². The Bertz CT molecular complexity index is 950. The number of hydrogen-bond acceptors (Lipinski definition) is 4. The largest absolute Gasteiger partial charge is 0.462 e. The first kappa shape index (κ1) is 16.0. The summed E-state index contributed by atoms with van der Waals surface area (Å²) in [6.45, 7) is 5.31. The smallest absolute Gasteiger partial charge is 0.338 e. The molecular formula is C18H19N3O3. The van der Waals surface area contributed by atoms with Crippen molar-refractivity contribution < 1.29 is 14.3 Å². The fraction of sp³-hybridized carbons (Fsp3) is 0.278. The SMILES string of the molecule is CCOC(=O)c1cc2cc(-c3nccn3C)cn2c(C(C)=O)c1C. The number of ether oxygens (including phenoxy) is 1. The summed E-state index contributed by atoms with van der Waals surface area (Å²) in [5, 5.41) is 0. The molecule has 6 nitrogen and oxygen atoms in total. The Kier molecular flexibility index (Phi) is 3.97. The van der Waals surface area contributed by atoms with E-state index in [1.54, 1.807) is 26.1 Å². The van der Waals surface area contributed by atoms with Crippen LogP contribution in [0.25, 0.3) is 16.9 Å². The molecule has 0 unspecified atom stereocenters. The maximum Gasteiger partial charge on any atom is 0.338 e. The minimum absolute atomic E-state index is 0.106. The van der Waals surface area contributed by atoms with Crippen LogP contribution < -0.4 is 0 Å². The highest BCUT2D eigenvalue weighted by Gasteiger charge is 2.20. The second-order valence-electron chi connectivity index (χ2n) is 5.69. The first-order valence-corrected chi connectivity index (χ1v) is 7.75. The van der Waals surface area contributed by atoms with Crippen LogP contribution in [0.5, 0.6) is 0 Å². The molecular weight excluding hydrogens is 306 g/mol. The van der Waals surface area contributed by atoms with Crippen molar-refractivity contribution in [2.24, 2.45) is 7.05 Å². The van der Waals surface area contributed by atoms with Crippen molar-refractivity contribution in [2.45, 2.75) is 20.8 Å². The molecule has 0 atom stereocenters. The zero-order valence-corrected chi connectivity index (χ0v) is 14.2. The average molecular weight is 325 g/mol. The molecule has 0 aliphatic carbocycles. The van der Waals surface area contributed by atoms with Gasteiger partial charge in [0.05, 0.1) is 17.9 Å². The minimum Gasteiger partial charge on any atom is -0.462 e. The summed E-state index contributed by atoms with van der Waals surface area (Å²) in [6.07, 6.45) is 5.45. The third-order valence-electron chi connectivity index (χ3n) is 4.05. The number of carbonyl (C=O) groups excluding carboxylic acids is 2. The molecule has 0 aromatic carbocycles. The van der Waals surface area contributed by atoms with Crippen molar-refractivity contribution in [2.75, 3.05) is 6.61 Å². The lowest BCUT2D eigenvalue weighted by atomic mass is 10.0. The number of ketones is 1. The monoisotopic (exact) mass is 325 g/mol. The lowest BCUT2D eigenvalue weighted by molar-refractivity contribution is 0.0525. The highest BCUT2D eigenvalue weighted by atomic mass is 16.5.